The summed E-state index contributed by atoms with van der Waals surface area (Å²) in [6.07, 6.45) is 0.420. The highest BCUT2D eigenvalue weighted by Crippen LogP contribution is 2.10. The maximum atomic E-state index is 9.14. The number of anilines is 2. The fourth-order valence-corrected chi connectivity index (χ4v) is 1.34. The van der Waals surface area contributed by atoms with E-state index in [0.29, 0.717) is 13.0 Å². The van der Waals surface area contributed by atoms with Crippen molar-refractivity contribution in [2.24, 2.45) is 0 Å². The van der Waals surface area contributed by atoms with Crippen molar-refractivity contribution in [3.8, 4) is 0 Å². The van der Waals surface area contributed by atoms with Crippen LogP contribution in [-0.2, 0) is 0 Å². The molecule has 16 heavy (non-hydrogen) atoms. The van der Waals surface area contributed by atoms with Crippen LogP contribution in [0.5, 0.6) is 0 Å². The van der Waals surface area contributed by atoms with Gasteiger partial charge < -0.3 is 15.7 Å². The van der Waals surface area contributed by atoms with Crippen molar-refractivity contribution >= 4 is 11.6 Å². The standard InChI is InChI=1S/C11H20N4O/c1-4-12-10-7-11(15-9(3)14-10)13-6-5-8(2)16/h7-8,16H,4-6H2,1-3H3,(H2,12,13,14,15). The molecule has 3 N–H and O–H groups in total. The molecule has 0 saturated carbocycles. The smallest absolute Gasteiger partial charge is 0.131 e. The number of hydrogen-bond acceptors (Lipinski definition) is 5. The van der Waals surface area contributed by atoms with E-state index < -0.39 is 0 Å². The highest BCUT2D eigenvalue weighted by atomic mass is 16.3. The summed E-state index contributed by atoms with van der Waals surface area (Å²) in [4.78, 5) is 8.52. The van der Waals surface area contributed by atoms with Crippen LogP contribution < -0.4 is 10.6 Å². The van der Waals surface area contributed by atoms with Crippen LogP contribution in [0.3, 0.4) is 0 Å². The molecule has 1 atom stereocenters. The Labute approximate surface area is 96.3 Å². The normalized spacial score (nSPS) is 12.2. The molecule has 1 unspecified atom stereocenters. The molecule has 1 heterocycles. The van der Waals surface area contributed by atoms with Crippen LogP contribution in [-0.4, -0.2) is 34.3 Å². The fraction of sp³-hybridized carbons (Fsp3) is 0.636. The van der Waals surface area contributed by atoms with Gasteiger partial charge in [-0.2, -0.15) is 0 Å². The maximum absolute atomic E-state index is 9.14. The Kier molecular flexibility index (Phi) is 4.98. The molecule has 0 aliphatic rings. The number of aromatic nitrogens is 2. The topological polar surface area (TPSA) is 70.1 Å². The van der Waals surface area contributed by atoms with E-state index in [-0.39, 0.29) is 6.10 Å². The average molecular weight is 224 g/mol. The van der Waals surface area contributed by atoms with Gasteiger partial charge in [-0.1, -0.05) is 0 Å². The van der Waals surface area contributed by atoms with E-state index in [0.717, 1.165) is 24.0 Å². The Hall–Kier alpha value is -1.36. The number of aliphatic hydroxyl groups is 1. The van der Waals surface area contributed by atoms with Crippen molar-refractivity contribution in [3.05, 3.63) is 11.9 Å². The lowest BCUT2D eigenvalue weighted by Crippen LogP contribution is -2.12. The molecule has 0 aromatic carbocycles. The Morgan fingerprint density at radius 3 is 2.50 bits per heavy atom. The van der Waals surface area contributed by atoms with Gasteiger partial charge in [0, 0.05) is 19.2 Å². The van der Waals surface area contributed by atoms with E-state index in [2.05, 4.69) is 20.6 Å². The molecule has 0 radical (unpaired) electrons. The van der Waals surface area contributed by atoms with Gasteiger partial charge >= 0.3 is 0 Å². The number of aliphatic hydroxyl groups excluding tert-OH is 1. The predicted octanol–water partition coefficient (Wildman–Crippen LogP) is 1.40. The Morgan fingerprint density at radius 1 is 1.31 bits per heavy atom. The minimum absolute atomic E-state index is 0.288. The van der Waals surface area contributed by atoms with Crippen molar-refractivity contribution in [1.29, 1.82) is 0 Å². The summed E-state index contributed by atoms with van der Waals surface area (Å²) in [6.45, 7) is 7.21. The molecule has 5 nitrogen and oxygen atoms in total. The SMILES string of the molecule is CCNc1cc(NCCC(C)O)nc(C)n1. The number of nitrogens with one attached hydrogen (secondary N) is 2. The fourth-order valence-electron chi connectivity index (χ4n) is 1.34. The first-order valence-corrected chi connectivity index (χ1v) is 5.63. The zero-order valence-electron chi connectivity index (χ0n) is 10.1. The monoisotopic (exact) mass is 224 g/mol. The highest BCUT2D eigenvalue weighted by Gasteiger charge is 2.01. The number of hydrogen-bond donors (Lipinski definition) is 3. The van der Waals surface area contributed by atoms with Gasteiger partial charge in [-0.25, -0.2) is 9.97 Å². The second-order valence-corrected chi connectivity index (χ2v) is 3.78. The van der Waals surface area contributed by atoms with Crippen LogP contribution >= 0.6 is 0 Å². The molecule has 0 amide bonds. The third kappa shape index (κ3) is 4.44. The van der Waals surface area contributed by atoms with Gasteiger partial charge in [-0.3, -0.25) is 0 Å². The summed E-state index contributed by atoms with van der Waals surface area (Å²) in [6, 6.07) is 1.87. The van der Waals surface area contributed by atoms with Crippen LogP contribution in [0.25, 0.3) is 0 Å². The molecular formula is C11H20N4O. The largest absolute Gasteiger partial charge is 0.393 e. The van der Waals surface area contributed by atoms with Crippen molar-refractivity contribution in [2.45, 2.75) is 33.3 Å². The molecule has 1 aromatic heterocycles. The van der Waals surface area contributed by atoms with Crippen molar-refractivity contribution in [2.75, 3.05) is 23.7 Å². The lowest BCUT2D eigenvalue weighted by Gasteiger charge is -2.09. The van der Waals surface area contributed by atoms with Gasteiger partial charge in [0.15, 0.2) is 0 Å². The Bertz CT molecular complexity index is 328. The number of rotatable bonds is 6. The van der Waals surface area contributed by atoms with Crippen molar-refractivity contribution in [3.63, 3.8) is 0 Å². The summed E-state index contributed by atoms with van der Waals surface area (Å²) in [5.74, 6) is 2.36. The van der Waals surface area contributed by atoms with Gasteiger partial charge in [-0.05, 0) is 27.2 Å². The quantitative estimate of drug-likeness (QED) is 0.681. The molecule has 1 rings (SSSR count). The van der Waals surface area contributed by atoms with E-state index in [4.69, 9.17) is 5.11 Å². The van der Waals surface area contributed by atoms with Crippen LogP contribution in [0.1, 0.15) is 26.1 Å². The molecule has 0 bridgehead atoms. The minimum Gasteiger partial charge on any atom is -0.393 e. The molecular weight excluding hydrogens is 204 g/mol. The van der Waals surface area contributed by atoms with Crippen LogP contribution in [0.4, 0.5) is 11.6 Å². The summed E-state index contributed by atoms with van der Waals surface area (Å²) in [7, 11) is 0. The van der Waals surface area contributed by atoms with Crippen LogP contribution in [0, 0.1) is 6.92 Å². The molecule has 1 aromatic rings. The highest BCUT2D eigenvalue weighted by molar-refractivity contribution is 5.47. The van der Waals surface area contributed by atoms with Crippen LogP contribution in [0.15, 0.2) is 6.07 Å². The van der Waals surface area contributed by atoms with Crippen molar-refractivity contribution in [1.82, 2.24) is 9.97 Å². The predicted molar refractivity (Wildman–Crippen MR) is 65.7 cm³/mol. The summed E-state index contributed by atoms with van der Waals surface area (Å²) in [5.41, 5.74) is 0. The lowest BCUT2D eigenvalue weighted by molar-refractivity contribution is 0.188. The average Bonchev–Trinajstić information content (AvgIpc) is 2.16. The Morgan fingerprint density at radius 2 is 1.94 bits per heavy atom. The summed E-state index contributed by atoms with van der Waals surface area (Å²) >= 11 is 0. The molecule has 0 aliphatic heterocycles. The molecule has 90 valence electrons. The first-order valence-electron chi connectivity index (χ1n) is 5.63. The van der Waals surface area contributed by atoms with E-state index >= 15 is 0 Å². The summed E-state index contributed by atoms with van der Waals surface area (Å²) in [5, 5.41) is 15.5. The summed E-state index contributed by atoms with van der Waals surface area (Å²) < 4.78 is 0. The molecule has 5 heteroatoms. The van der Waals surface area contributed by atoms with Crippen LogP contribution in [0.2, 0.25) is 0 Å². The number of aryl methyl sites for hydroxylation is 1. The molecule has 0 spiro atoms. The van der Waals surface area contributed by atoms with E-state index in [1.807, 2.05) is 19.9 Å². The van der Waals surface area contributed by atoms with E-state index in [9.17, 15) is 0 Å². The molecule has 0 saturated heterocycles. The second-order valence-electron chi connectivity index (χ2n) is 3.78. The van der Waals surface area contributed by atoms with Gasteiger partial charge in [0.2, 0.25) is 0 Å². The Balaban J connectivity index is 2.58. The van der Waals surface area contributed by atoms with Gasteiger partial charge in [0.25, 0.3) is 0 Å². The maximum Gasteiger partial charge on any atom is 0.131 e. The zero-order chi connectivity index (χ0) is 12.0. The second kappa shape index (κ2) is 6.27. The third-order valence-corrected chi connectivity index (χ3v) is 2.06. The third-order valence-electron chi connectivity index (χ3n) is 2.06. The minimum atomic E-state index is -0.288. The molecule has 0 aliphatic carbocycles. The van der Waals surface area contributed by atoms with Gasteiger partial charge in [0.1, 0.15) is 17.5 Å². The lowest BCUT2D eigenvalue weighted by atomic mass is 10.3. The van der Waals surface area contributed by atoms with Gasteiger partial charge in [-0.15, -0.1) is 0 Å². The first-order chi connectivity index (χ1) is 7.61. The number of nitrogens with zero attached hydrogens (tertiary/aromatic N) is 2. The van der Waals surface area contributed by atoms with Gasteiger partial charge in [0.05, 0.1) is 6.10 Å². The van der Waals surface area contributed by atoms with E-state index in [1.54, 1.807) is 6.92 Å². The van der Waals surface area contributed by atoms with Crippen molar-refractivity contribution < 1.29 is 5.11 Å². The molecule has 0 fully saturated rings. The zero-order valence-corrected chi connectivity index (χ0v) is 10.1. The van der Waals surface area contributed by atoms with E-state index in [1.165, 1.54) is 0 Å². The first kappa shape index (κ1) is 12.7.